The molecule has 1 saturated heterocycles. The van der Waals surface area contributed by atoms with E-state index in [9.17, 15) is 9.59 Å². The molecule has 104 valence electrons. The topological polar surface area (TPSA) is 66.6 Å². The second-order valence-corrected chi connectivity index (χ2v) is 5.78. The van der Waals surface area contributed by atoms with Gasteiger partial charge in [-0.25, -0.2) is 0 Å². The second kappa shape index (κ2) is 6.16. The third-order valence-electron chi connectivity index (χ3n) is 3.53. The van der Waals surface area contributed by atoms with E-state index in [4.69, 9.17) is 5.73 Å². The van der Waals surface area contributed by atoms with Crippen molar-refractivity contribution in [3.05, 3.63) is 22.4 Å². The Balaban J connectivity index is 1.83. The Morgan fingerprint density at radius 3 is 2.58 bits per heavy atom. The van der Waals surface area contributed by atoms with Crippen LogP contribution >= 0.6 is 11.3 Å². The van der Waals surface area contributed by atoms with Crippen molar-refractivity contribution in [3.63, 3.8) is 0 Å². The van der Waals surface area contributed by atoms with Crippen LogP contribution in [0.4, 0.5) is 0 Å². The molecule has 0 radical (unpaired) electrons. The lowest BCUT2D eigenvalue weighted by Gasteiger charge is -2.36. The van der Waals surface area contributed by atoms with Crippen LogP contribution < -0.4 is 5.73 Å². The number of nitrogens with zero attached hydrogens (tertiary/aromatic N) is 2. The predicted octanol–water partition coefficient (Wildman–Crippen LogP) is 0.309. The molecule has 2 N–H and O–H groups in total. The number of thiophene rings is 1. The van der Waals surface area contributed by atoms with Crippen molar-refractivity contribution in [1.29, 1.82) is 0 Å². The van der Waals surface area contributed by atoms with E-state index in [0.717, 1.165) is 4.88 Å². The molecule has 2 heterocycles. The van der Waals surface area contributed by atoms with Gasteiger partial charge in [-0.05, 0) is 18.4 Å². The first kappa shape index (κ1) is 14.0. The van der Waals surface area contributed by atoms with E-state index >= 15 is 0 Å². The van der Waals surface area contributed by atoms with E-state index < -0.39 is 0 Å². The molecule has 1 aliphatic rings. The van der Waals surface area contributed by atoms with Gasteiger partial charge >= 0.3 is 0 Å². The fraction of sp³-hybridized carbons (Fsp3) is 0.538. The average molecular weight is 281 g/mol. The van der Waals surface area contributed by atoms with Crippen molar-refractivity contribution in [2.75, 3.05) is 26.2 Å². The molecular weight excluding hydrogens is 262 g/mol. The van der Waals surface area contributed by atoms with Crippen LogP contribution in [0.2, 0.25) is 0 Å². The minimum atomic E-state index is -0.307. The molecule has 0 aromatic carbocycles. The summed E-state index contributed by atoms with van der Waals surface area (Å²) in [5.41, 5.74) is 5.29. The maximum atomic E-state index is 12.1. The summed E-state index contributed by atoms with van der Waals surface area (Å²) in [4.78, 5) is 28.2. The van der Waals surface area contributed by atoms with Crippen LogP contribution in [0.15, 0.2) is 17.5 Å². The minimum absolute atomic E-state index is 0.161. The maximum Gasteiger partial charge on any atom is 0.234 e. The lowest BCUT2D eigenvalue weighted by atomic mass is 10.2. The Bertz CT molecular complexity index is 439. The van der Waals surface area contributed by atoms with Crippen LogP contribution in [-0.2, 0) is 16.0 Å². The highest BCUT2D eigenvalue weighted by atomic mass is 32.1. The predicted molar refractivity (Wildman–Crippen MR) is 74.8 cm³/mol. The molecule has 1 unspecified atom stereocenters. The molecule has 1 fully saturated rings. The Hall–Kier alpha value is -1.40. The molecule has 5 nitrogen and oxygen atoms in total. The number of carbonyl (C=O) groups is 2. The van der Waals surface area contributed by atoms with Crippen molar-refractivity contribution >= 4 is 23.2 Å². The largest absolute Gasteiger partial charge is 0.368 e. The van der Waals surface area contributed by atoms with Gasteiger partial charge in [0.15, 0.2) is 0 Å². The summed E-state index contributed by atoms with van der Waals surface area (Å²) in [6.07, 6.45) is 0.475. The quantitative estimate of drug-likeness (QED) is 0.863. The van der Waals surface area contributed by atoms with Gasteiger partial charge in [0, 0.05) is 31.1 Å². The van der Waals surface area contributed by atoms with Crippen molar-refractivity contribution < 1.29 is 9.59 Å². The van der Waals surface area contributed by atoms with Gasteiger partial charge in [0.25, 0.3) is 0 Å². The van der Waals surface area contributed by atoms with E-state index in [2.05, 4.69) is 0 Å². The SMILES string of the molecule is CC(C(N)=O)N1CCN(C(=O)Cc2cccs2)CC1. The number of piperazine rings is 1. The molecule has 1 aromatic rings. The molecule has 19 heavy (non-hydrogen) atoms. The molecule has 0 spiro atoms. The highest BCUT2D eigenvalue weighted by Gasteiger charge is 2.26. The first-order valence-electron chi connectivity index (χ1n) is 6.41. The monoisotopic (exact) mass is 281 g/mol. The van der Waals surface area contributed by atoms with Gasteiger partial charge in [-0.2, -0.15) is 0 Å². The molecule has 1 aliphatic heterocycles. The lowest BCUT2D eigenvalue weighted by Crippen LogP contribution is -2.54. The number of hydrogen-bond acceptors (Lipinski definition) is 4. The third-order valence-corrected chi connectivity index (χ3v) is 4.41. The average Bonchev–Trinajstić information content (AvgIpc) is 2.90. The van der Waals surface area contributed by atoms with E-state index in [-0.39, 0.29) is 17.9 Å². The second-order valence-electron chi connectivity index (χ2n) is 4.75. The van der Waals surface area contributed by atoms with E-state index in [1.54, 1.807) is 11.3 Å². The van der Waals surface area contributed by atoms with E-state index in [0.29, 0.717) is 32.6 Å². The zero-order valence-corrected chi connectivity index (χ0v) is 11.9. The zero-order valence-electron chi connectivity index (χ0n) is 11.0. The Kier molecular flexibility index (Phi) is 4.55. The van der Waals surface area contributed by atoms with Crippen LogP contribution in [0.3, 0.4) is 0 Å². The number of carbonyl (C=O) groups excluding carboxylic acids is 2. The summed E-state index contributed by atoms with van der Waals surface area (Å²) >= 11 is 1.61. The van der Waals surface area contributed by atoms with Gasteiger partial charge in [-0.15, -0.1) is 11.3 Å². The number of primary amides is 1. The first-order valence-corrected chi connectivity index (χ1v) is 7.29. The maximum absolute atomic E-state index is 12.1. The summed E-state index contributed by atoms with van der Waals surface area (Å²) in [5.74, 6) is -0.146. The molecule has 0 aliphatic carbocycles. The number of nitrogens with two attached hydrogens (primary N) is 1. The molecule has 1 aromatic heterocycles. The normalized spacial score (nSPS) is 18.3. The van der Waals surface area contributed by atoms with Crippen molar-refractivity contribution in [3.8, 4) is 0 Å². The molecule has 0 bridgehead atoms. The minimum Gasteiger partial charge on any atom is -0.368 e. The first-order chi connectivity index (χ1) is 9.08. The van der Waals surface area contributed by atoms with Gasteiger partial charge in [0.1, 0.15) is 0 Å². The van der Waals surface area contributed by atoms with Crippen molar-refractivity contribution in [2.24, 2.45) is 5.73 Å². The van der Waals surface area contributed by atoms with Crippen LogP contribution in [0.25, 0.3) is 0 Å². The van der Waals surface area contributed by atoms with Gasteiger partial charge in [0.2, 0.25) is 11.8 Å². The van der Waals surface area contributed by atoms with Crippen LogP contribution in [0.5, 0.6) is 0 Å². The van der Waals surface area contributed by atoms with Crippen LogP contribution in [-0.4, -0.2) is 53.8 Å². The van der Waals surface area contributed by atoms with Crippen molar-refractivity contribution in [1.82, 2.24) is 9.80 Å². The molecule has 2 amide bonds. The number of rotatable bonds is 4. The van der Waals surface area contributed by atoms with E-state index in [1.807, 2.05) is 34.2 Å². The summed E-state index contributed by atoms with van der Waals surface area (Å²) < 4.78 is 0. The molecular formula is C13H19N3O2S. The van der Waals surface area contributed by atoms with Crippen LogP contribution in [0.1, 0.15) is 11.8 Å². The molecule has 6 heteroatoms. The standard InChI is InChI=1S/C13H19N3O2S/c1-10(13(14)18)15-4-6-16(7-5-15)12(17)9-11-3-2-8-19-11/h2-3,8,10H,4-7,9H2,1H3,(H2,14,18). The summed E-state index contributed by atoms with van der Waals surface area (Å²) in [6, 6.07) is 3.68. The summed E-state index contributed by atoms with van der Waals surface area (Å²) in [5, 5.41) is 1.98. The smallest absolute Gasteiger partial charge is 0.234 e. The van der Waals surface area contributed by atoms with Gasteiger partial charge in [0.05, 0.1) is 12.5 Å². The Labute approximate surface area is 117 Å². The Morgan fingerprint density at radius 1 is 1.37 bits per heavy atom. The Morgan fingerprint density at radius 2 is 2.05 bits per heavy atom. The zero-order chi connectivity index (χ0) is 13.8. The number of hydrogen-bond donors (Lipinski definition) is 1. The van der Waals surface area contributed by atoms with Gasteiger partial charge in [-0.1, -0.05) is 6.07 Å². The highest BCUT2D eigenvalue weighted by molar-refractivity contribution is 7.10. The fourth-order valence-corrected chi connectivity index (χ4v) is 2.91. The fourth-order valence-electron chi connectivity index (χ4n) is 2.21. The highest BCUT2D eigenvalue weighted by Crippen LogP contribution is 2.12. The lowest BCUT2D eigenvalue weighted by molar-refractivity contribution is -0.133. The molecule has 2 rings (SSSR count). The molecule has 0 saturated carbocycles. The van der Waals surface area contributed by atoms with Crippen LogP contribution in [0, 0.1) is 0 Å². The van der Waals surface area contributed by atoms with E-state index in [1.165, 1.54) is 0 Å². The molecule has 1 atom stereocenters. The number of amides is 2. The van der Waals surface area contributed by atoms with Gasteiger partial charge < -0.3 is 10.6 Å². The van der Waals surface area contributed by atoms with Crippen molar-refractivity contribution in [2.45, 2.75) is 19.4 Å². The summed E-state index contributed by atoms with van der Waals surface area (Å²) in [6.45, 7) is 4.57. The van der Waals surface area contributed by atoms with Gasteiger partial charge in [-0.3, -0.25) is 14.5 Å². The third kappa shape index (κ3) is 3.54. The summed E-state index contributed by atoms with van der Waals surface area (Å²) in [7, 11) is 0.